The fraction of sp³-hybridized carbons (Fsp3) is 0. The SMILES string of the molecule is O.P.[O-2].[O-2].[OH-].[V]. The molecule has 4 nitrogen and oxygen atoms in total. The van der Waals surface area contributed by atoms with Crippen LogP contribution in [0.25, 0.3) is 0 Å². The molecule has 0 aliphatic heterocycles. The van der Waals surface area contributed by atoms with Gasteiger partial charge in [0.2, 0.25) is 0 Å². The fourth-order valence-corrected chi connectivity index (χ4v) is 0. The molecule has 0 bridgehead atoms. The van der Waals surface area contributed by atoms with Crippen LogP contribution in [0.5, 0.6) is 0 Å². The molecule has 0 rings (SSSR count). The second-order valence-electron chi connectivity index (χ2n) is 0. The van der Waals surface area contributed by atoms with Crippen molar-refractivity contribution in [1.29, 1.82) is 0 Å². The zero-order valence-electron chi connectivity index (χ0n) is 2.92. The van der Waals surface area contributed by atoms with Crippen LogP contribution in [-0.4, -0.2) is 11.0 Å². The Hall–Kier alpha value is 0.854. The molecule has 0 fully saturated rings. The summed E-state index contributed by atoms with van der Waals surface area (Å²) in [6.07, 6.45) is 0. The van der Waals surface area contributed by atoms with E-state index in [4.69, 9.17) is 0 Å². The van der Waals surface area contributed by atoms with Gasteiger partial charge in [0, 0.05) is 18.6 Å². The minimum absolute atomic E-state index is 0. The molecule has 6 heavy (non-hydrogen) atoms. The predicted octanol–water partition coefficient (Wildman–Crippen LogP) is -1.18. The normalized spacial score (nSPS) is 0. The van der Waals surface area contributed by atoms with Gasteiger partial charge in [-0.05, 0) is 0 Å². The number of rotatable bonds is 0. The maximum Gasteiger partial charge on any atom is 0 e. The molecule has 0 amide bonds. The summed E-state index contributed by atoms with van der Waals surface area (Å²) in [5.74, 6) is 0. The predicted molar refractivity (Wildman–Crippen MR) is 18.0 cm³/mol. The van der Waals surface area contributed by atoms with Crippen molar-refractivity contribution < 1.29 is 40.5 Å². The van der Waals surface area contributed by atoms with Crippen molar-refractivity contribution in [3.63, 3.8) is 0 Å². The molecular weight excluding hydrogens is 146 g/mol. The zero-order chi connectivity index (χ0) is 0. The first-order valence-electron chi connectivity index (χ1n) is 0. The first kappa shape index (κ1) is 322. The summed E-state index contributed by atoms with van der Waals surface area (Å²) < 4.78 is 0. The smallest absolute Gasteiger partial charge is 0 e. The molecule has 0 aliphatic carbocycles. The average Bonchev–Trinajstić information content (AvgIpc) is 0. The van der Waals surface area contributed by atoms with Gasteiger partial charge in [-0.3, -0.25) is 0 Å². The molecule has 45 valence electrons. The Morgan fingerprint density at radius 1 is 0.833 bits per heavy atom. The molecule has 3 N–H and O–H groups in total. The van der Waals surface area contributed by atoms with Gasteiger partial charge in [-0.2, -0.15) is 9.90 Å². The van der Waals surface area contributed by atoms with Crippen LogP contribution in [0.3, 0.4) is 0 Å². The Balaban J connectivity index is 0. The van der Waals surface area contributed by atoms with E-state index in [1.807, 2.05) is 0 Å². The largest absolute Gasteiger partial charge is 2.00 e. The summed E-state index contributed by atoms with van der Waals surface area (Å²) in [5.41, 5.74) is 0. The molecule has 0 aliphatic rings. The molecule has 0 spiro atoms. The number of hydrogen-bond acceptors (Lipinski definition) is 1. The van der Waals surface area contributed by atoms with Gasteiger partial charge in [-0.15, -0.1) is 0 Å². The van der Waals surface area contributed by atoms with Gasteiger partial charge >= 0.3 is 0 Å². The Kier molecular flexibility index (Phi) is 10100. The van der Waals surface area contributed by atoms with Crippen LogP contribution in [0.4, 0.5) is 0 Å². The van der Waals surface area contributed by atoms with Gasteiger partial charge in [-0.25, -0.2) is 0 Å². The van der Waals surface area contributed by atoms with E-state index < -0.39 is 0 Å². The van der Waals surface area contributed by atoms with Crippen LogP contribution in [0.1, 0.15) is 0 Å². The molecule has 0 heterocycles. The van der Waals surface area contributed by atoms with Crippen LogP contribution in [-0.2, 0) is 29.5 Å². The summed E-state index contributed by atoms with van der Waals surface area (Å²) >= 11 is 0. The molecule has 1 radical (unpaired) electrons. The van der Waals surface area contributed by atoms with Crippen LogP contribution in [0, 0.1) is 0 Å². The quantitative estimate of drug-likeness (QED) is 0.398. The van der Waals surface area contributed by atoms with Crippen LogP contribution >= 0.6 is 9.90 Å². The first-order valence-corrected chi connectivity index (χ1v) is 0. The van der Waals surface area contributed by atoms with E-state index in [9.17, 15) is 0 Å². The first-order chi connectivity index (χ1) is 0. The molecular formula is H6O4PV-5. The Morgan fingerprint density at radius 2 is 0.833 bits per heavy atom. The van der Waals surface area contributed by atoms with Gasteiger partial charge in [0.15, 0.2) is 0 Å². The summed E-state index contributed by atoms with van der Waals surface area (Å²) in [5, 5.41) is 0. The van der Waals surface area contributed by atoms with Gasteiger partial charge in [0.05, 0.1) is 0 Å². The van der Waals surface area contributed by atoms with Gasteiger partial charge < -0.3 is 21.9 Å². The third-order valence-corrected chi connectivity index (χ3v) is 0. The zero-order valence-corrected chi connectivity index (χ0v) is 5.73. The van der Waals surface area contributed by atoms with Gasteiger partial charge in [0.1, 0.15) is 0 Å². The van der Waals surface area contributed by atoms with E-state index in [2.05, 4.69) is 0 Å². The Labute approximate surface area is 51.1 Å². The van der Waals surface area contributed by atoms with Crippen molar-refractivity contribution in [2.45, 2.75) is 0 Å². The van der Waals surface area contributed by atoms with Crippen molar-refractivity contribution in [3.8, 4) is 0 Å². The van der Waals surface area contributed by atoms with Crippen molar-refractivity contribution >= 4 is 9.90 Å². The van der Waals surface area contributed by atoms with Crippen LogP contribution in [0.15, 0.2) is 0 Å². The molecule has 0 aromatic carbocycles. The average molecular weight is 152 g/mol. The molecule has 6 heteroatoms. The summed E-state index contributed by atoms with van der Waals surface area (Å²) in [7, 11) is 0. The van der Waals surface area contributed by atoms with E-state index in [1.165, 1.54) is 0 Å². The van der Waals surface area contributed by atoms with E-state index in [0.29, 0.717) is 0 Å². The Bertz CT molecular complexity index is 7.51. The number of hydrogen-bond donors (Lipinski definition) is 0. The van der Waals surface area contributed by atoms with Gasteiger partial charge in [0.25, 0.3) is 0 Å². The van der Waals surface area contributed by atoms with Crippen LogP contribution < -0.4 is 0 Å². The van der Waals surface area contributed by atoms with Crippen molar-refractivity contribution in [1.82, 2.24) is 0 Å². The minimum atomic E-state index is 0. The molecule has 1 unspecified atom stereocenters. The molecule has 1 atom stereocenters. The second kappa shape index (κ2) is 189. The summed E-state index contributed by atoms with van der Waals surface area (Å²) in [6, 6.07) is 0. The molecule has 0 saturated heterocycles. The van der Waals surface area contributed by atoms with Crippen LogP contribution in [0.2, 0.25) is 0 Å². The van der Waals surface area contributed by atoms with E-state index >= 15 is 0 Å². The summed E-state index contributed by atoms with van der Waals surface area (Å²) in [4.78, 5) is 0. The second-order valence-corrected chi connectivity index (χ2v) is 0. The third-order valence-electron chi connectivity index (χ3n) is 0. The maximum atomic E-state index is 0. The topological polar surface area (TPSA) is 118 Å². The van der Waals surface area contributed by atoms with E-state index in [1.54, 1.807) is 0 Å². The van der Waals surface area contributed by atoms with E-state index in [-0.39, 0.29) is 50.4 Å². The molecule has 0 saturated carbocycles. The summed E-state index contributed by atoms with van der Waals surface area (Å²) in [6.45, 7) is 0. The Morgan fingerprint density at radius 3 is 0.833 bits per heavy atom. The minimum Gasteiger partial charge on any atom is -2.00 e. The van der Waals surface area contributed by atoms with E-state index in [0.717, 1.165) is 0 Å². The fourth-order valence-electron chi connectivity index (χ4n) is 0. The van der Waals surface area contributed by atoms with Crippen molar-refractivity contribution in [3.05, 3.63) is 0 Å². The molecule has 0 aromatic heterocycles. The van der Waals surface area contributed by atoms with Crippen molar-refractivity contribution in [2.75, 3.05) is 0 Å². The molecule has 0 aromatic rings. The third kappa shape index (κ3) is 98.8. The monoisotopic (exact) mass is 152 g/mol. The standard InChI is InChI=1S/2H2O.2O.H3P.V/h2*1H2;;;1H3;/q;;2*-2;;/p-1. The van der Waals surface area contributed by atoms with Crippen molar-refractivity contribution in [2.24, 2.45) is 0 Å². The van der Waals surface area contributed by atoms with Gasteiger partial charge in [-0.1, -0.05) is 0 Å². The maximum absolute atomic E-state index is 0.